The molecule has 1 saturated carbocycles. The molecular formula is C23H22N2O5. The fourth-order valence-corrected chi connectivity index (χ4v) is 4.46. The molecule has 30 heavy (non-hydrogen) atoms. The van der Waals surface area contributed by atoms with E-state index in [0.29, 0.717) is 24.3 Å². The first-order chi connectivity index (χ1) is 14.4. The Labute approximate surface area is 173 Å². The largest absolute Gasteiger partial charge is 0.481 e. The number of carbonyl (C=O) groups excluding carboxylic acids is 1. The molecule has 2 aliphatic rings. The Bertz CT molecular complexity index is 1020. The van der Waals surface area contributed by atoms with Gasteiger partial charge in [0.2, 0.25) is 5.91 Å². The van der Waals surface area contributed by atoms with Crippen molar-refractivity contribution in [3.05, 3.63) is 71.8 Å². The van der Waals surface area contributed by atoms with Gasteiger partial charge >= 0.3 is 11.9 Å². The summed E-state index contributed by atoms with van der Waals surface area (Å²) in [5.74, 6) is -4.16. The second-order valence-electron chi connectivity index (χ2n) is 7.73. The predicted molar refractivity (Wildman–Crippen MR) is 111 cm³/mol. The van der Waals surface area contributed by atoms with Crippen LogP contribution >= 0.6 is 0 Å². The molecule has 0 saturated heterocycles. The maximum Gasteiger partial charge on any atom is 0.335 e. The summed E-state index contributed by atoms with van der Waals surface area (Å²) in [6.07, 6.45) is 4.45. The van der Waals surface area contributed by atoms with E-state index in [4.69, 9.17) is 0 Å². The highest BCUT2D eigenvalue weighted by Crippen LogP contribution is 2.48. The van der Waals surface area contributed by atoms with E-state index in [2.05, 4.69) is 10.6 Å². The van der Waals surface area contributed by atoms with Gasteiger partial charge in [0.1, 0.15) is 0 Å². The van der Waals surface area contributed by atoms with Crippen molar-refractivity contribution in [3.63, 3.8) is 0 Å². The number of amides is 1. The standard InChI is InChI=1S/C23H22N2O5/c26-21(19-14-6-7-15(10-14)20(19)23(29)30)25-18-11-16(22(27)28)8-9-17(18)24-12-13-4-2-1-3-5-13/h1-9,11,14-15,19-20,24H,10,12H2,(H,25,26)(H,27,28)(H,29,30)/t14-,15-,19-,20-/m0/s1. The Kier molecular flexibility index (Phi) is 5.27. The third-order valence-electron chi connectivity index (χ3n) is 5.90. The zero-order chi connectivity index (χ0) is 21.3. The zero-order valence-electron chi connectivity index (χ0n) is 16.1. The number of aromatic carboxylic acids is 1. The number of hydrogen-bond acceptors (Lipinski definition) is 4. The molecule has 2 aromatic rings. The molecule has 2 aliphatic carbocycles. The molecule has 0 aromatic heterocycles. The van der Waals surface area contributed by atoms with E-state index in [-0.39, 0.29) is 17.4 Å². The van der Waals surface area contributed by atoms with Crippen LogP contribution in [-0.4, -0.2) is 28.1 Å². The lowest BCUT2D eigenvalue weighted by atomic mass is 9.82. The summed E-state index contributed by atoms with van der Waals surface area (Å²) in [4.78, 5) is 36.2. The van der Waals surface area contributed by atoms with Gasteiger partial charge < -0.3 is 20.8 Å². The van der Waals surface area contributed by atoms with E-state index in [1.165, 1.54) is 12.1 Å². The van der Waals surface area contributed by atoms with Gasteiger partial charge in [-0.25, -0.2) is 4.79 Å². The van der Waals surface area contributed by atoms with E-state index in [0.717, 1.165) is 5.56 Å². The molecule has 1 fully saturated rings. The van der Waals surface area contributed by atoms with Crippen LogP contribution in [0.5, 0.6) is 0 Å². The number of benzene rings is 2. The van der Waals surface area contributed by atoms with Crippen molar-refractivity contribution in [2.75, 3.05) is 10.6 Å². The second-order valence-corrected chi connectivity index (χ2v) is 7.73. The Balaban J connectivity index is 1.57. The van der Waals surface area contributed by atoms with E-state index in [1.54, 1.807) is 6.07 Å². The number of allylic oxidation sites excluding steroid dienone is 2. The number of aliphatic carboxylic acids is 1. The highest BCUT2D eigenvalue weighted by atomic mass is 16.4. The monoisotopic (exact) mass is 406 g/mol. The molecule has 2 aromatic carbocycles. The minimum Gasteiger partial charge on any atom is -0.481 e. The van der Waals surface area contributed by atoms with Crippen LogP contribution in [-0.2, 0) is 16.1 Å². The second kappa shape index (κ2) is 8.02. The fraction of sp³-hybridized carbons (Fsp3) is 0.261. The lowest BCUT2D eigenvalue weighted by molar-refractivity contribution is -0.146. The van der Waals surface area contributed by atoms with Gasteiger partial charge in [0.15, 0.2) is 0 Å². The molecule has 0 unspecified atom stereocenters. The first kappa shape index (κ1) is 19.7. The van der Waals surface area contributed by atoms with Gasteiger partial charge in [-0.3, -0.25) is 9.59 Å². The molecule has 2 bridgehead atoms. The van der Waals surface area contributed by atoms with E-state index >= 15 is 0 Å². The van der Waals surface area contributed by atoms with Crippen molar-refractivity contribution in [3.8, 4) is 0 Å². The minimum absolute atomic E-state index is 0.0400. The van der Waals surface area contributed by atoms with Gasteiger partial charge in [0.25, 0.3) is 0 Å². The van der Waals surface area contributed by atoms with Crippen LogP contribution < -0.4 is 10.6 Å². The number of carbonyl (C=O) groups is 3. The Hall–Kier alpha value is -3.61. The molecule has 0 radical (unpaired) electrons. The normalized spacial score (nSPS) is 23.9. The number of fused-ring (bicyclic) bond motifs is 2. The van der Waals surface area contributed by atoms with Gasteiger partial charge in [-0.2, -0.15) is 0 Å². The highest BCUT2D eigenvalue weighted by molar-refractivity contribution is 6.00. The summed E-state index contributed by atoms with van der Waals surface area (Å²) in [7, 11) is 0. The number of anilines is 2. The van der Waals surface area contributed by atoms with Crippen LogP contribution in [0.25, 0.3) is 0 Å². The van der Waals surface area contributed by atoms with E-state index < -0.39 is 29.7 Å². The summed E-state index contributed by atoms with van der Waals surface area (Å²) < 4.78 is 0. The summed E-state index contributed by atoms with van der Waals surface area (Å²) in [6, 6.07) is 14.1. The first-order valence-corrected chi connectivity index (χ1v) is 9.81. The zero-order valence-corrected chi connectivity index (χ0v) is 16.1. The number of carboxylic acids is 2. The van der Waals surface area contributed by atoms with Gasteiger partial charge in [0.05, 0.1) is 28.8 Å². The van der Waals surface area contributed by atoms with E-state index in [1.807, 2.05) is 42.5 Å². The average Bonchev–Trinajstić information content (AvgIpc) is 3.35. The molecule has 7 nitrogen and oxygen atoms in total. The Morgan fingerprint density at radius 2 is 1.60 bits per heavy atom. The minimum atomic E-state index is -1.11. The van der Waals surface area contributed by atoms with Crippen LogP contribution in [0.2, 0.25) is 0 Å². The van der Waals surface area contributed by atoms with Crippen molar-refractivity contribution in [1.82, 2.24) is 0 Å². The van der Waals surface area contributed by atoms with Gasteiger partial charge in [-0.15, -0.1) is 0 Å². The number of nitrogens with one attached hydrogen (secondary N) is 2. The SMILES string of the molecule is O=C(O)c1ccc(NCc2ccccc2)c(NC(=O)[C@@H]2[C@@H](C(=O)O)[C@H]3C=C[C@H]2C3)c1. The molecule has 0 spiro atoms. The van der Waals surface area contributed by atoms with Crippen molar-refractivity contribution in [2.45, 2.75) is 13.0 Å². The van der Waals surface area contributed by atoms with Gasteiger partial charge in [-0.1, -0.05) is 42.5 Å². The van der Waals surface area contributed by atoms with Crippen LogP contribution in [0.3, 0.4) is 0 Å². The summed E-state index contributed by atoms with van der Waals surface area (Å²) in [6.45, 7) is 0.491. The van der Waals surface area contributed by atoms with Crippen LogP contribution in [0.4, 0.5) is 11.4 Å². The quantitative estimate of drug-likeness (QED) is 0.524. The highest BCUT2D eigenvalue weighted by Gasteiger charge is 2.51. The molecule has 0 heterocycles. The molecule has 4 atom stereocenters. The van der Waals surface area contributed by atoms with Crippen molar-refractivity contribution in [1.29, 1.82) is 0 Å². The van der Waals surface area contributed by atoms with Crippen LogP contribution in [0, 0.1) is 23.7 Å². The van der Waals surface area contributed by atoms with Gasteiger partial charge in [-0.05, 0) is 42.0 Å². The third kappa shape index (κ3) is 3.78. The number of carboxylic acid groups (broad SMARTS) is 2. The number of hydrogen-bond donors (Lipinski definition) is 4. The molecule has 4 N–H and O–H groups in total. The Morgan fingerprint density at radius 3 is 2.27 bits per heavy atom. The van der Waals surface area contributed by atoms with Crippen LogP contribution in [0.15, 0.2) is 60.7 Å². The summed E-state index contributed by atoms with van der Waals surface area (Å²) in [5, 5.41) is 24.9. The topological polar surface area (TPSA) is 116 Å². The summed E-state index contributed by atoms with van der Waals surface area (Å²) >= 11 is 0. The van der Waals surface area contributed by atoms with Crippen LogP contribution in [0.1, 0.15) is 22.3 Å². The average molecular weight is 406 g/mol. The smallest absolute Gasteiger partial charge is 0.335 e. The molecular weight excluding hydrogens is 384 g/mol. The molecule has 1 amide bonds. The lowest BCUT2D eigenvalue weighted by Gasteiger charge is -2.24. The maximum absolute atomic E-state index is 13.0. The fourth-order valence-electron chi connectivity index (χ4n) is 4.46. The van der Waals surface area contributed by atoms with Gasteiger partial charge in [0, 0.05) is 6.54 Å². The molecule has 7 heteroatoms. The van der Waals surface area contributed by atoms with Crippen molar-refractivity contribution < 1.29 is 24.6 Å². The molecule has 4 rings (SSSR count). The summed E-state index contributed by atoms with van der Waals surface area (Å²) in [5.41, 5.74) is 1.97. The lowest BCUT2D eigenvalue weighted by Crippen LogP contribution is -2.36. The molecule has 0 aliphatic heterocycles. The number of rotatable bonds is 7. The van der Waals surface area contributed by atoms with E-state index in [9.17, 15) is 24.6 Å². The van der Waals surface area contributed by atoms with Crippen molar-refractivity contribution >= 4 is 29.2 Å². The Morgan fingerprint density at radius 1 is 0.900 bits per heavy atom. The molecule has 154 valence electrons. The first-order valence-electron chi connectivity index (χ1n) is 9.81. The van der Waals surface area contributed by atoms with Crippen molar-refractivity contribution in [2.24, 2.45) is 23.7 Å². The predicted octanol–water partition coefficient (Wildman–Crippen LogP) is 3.46. The third-order valence-corrected chi connectivity index (χ3v) is 5.90. The maximum atomic E-state index is 13.0.